The van der Waals surface area contributed by atoms with Crippen molar-refractivity contribution in [3.05, 3.63) is 35.9 Å². The van der Waals surface area contributed by atoms with Crippen molar-refractivity contribution in [2.45, 2.75) is 405 Å². The average Bonchev–Trinajstić information content (AvgIpc) is 0.866. The zero-order valence-corrected chi connectivity index (χ0v) is 68.1. The molecule has 0 amide bonds. The highest BCUT2D eigenvalue weighted by molar-refractivity contribution is 5.80. The van der Waals surface area contributed by atoms with E-state index in [2.05, 4.69) is 27.7 Å². The van der Waals surface area contributed by atoms with E-state index in [1.807, 2.05) is 30.3 Å². The third kappa shape index (κ3) is 61.2. The highest BCUT2D eigenvalue weighted by Crippen LogP contribution is 2.25. The predicted octanol–water partition coefficient (Wildman–Crippen LogP) is 19.8. The molecule has 0 aromatic heterocycles. The topological polar surface area (TPSA) is 281 Å². The van der Waals surface area contributed by atoms with Gasteiger partial charge in [-0.1, -0.05) is 315 Å². The van der Waals surface area contributed by atoms with Crippen molar-refractivity contribution < 1.29 is 105 Å². The van der Waals surface area contributed by atoms with Crippen LogP contribution in [0.2, 0.25) is 0 Å². The Labute approximate surface area is 655 Å². The third-order valence-electron chi connectivity index (χ3n) is 19.3. The number of ether oxygens (including phenoxy) is 12. The number of unbranched alkanes of at least 4 members (excludes halogenated alkanes) is 40. The lowest BCUT2D eigenvalue weighted by Crippen LogP contribution is -2.35. The van der Waals surface area contributed by atoms with Crippen LogP contribution in [0.1, 0.15) is 386 Å². The first-order valence-electron chi connectivity index (χ1n) is 43.1. The van der Waals surface area contributed by atoms with E-state index >= 15 is 0 Å². The molecule has 22 heteroatoms. The van der Waals surface area contributed by atoms with Gasteiger partial charge in [0.25, 0.3) is 0 Å². The van der Waals surface area contributed by atoms with E-state index in [9.17, 15) is 47.9 Å². The van der Waals surface area contributed by atoms with E-state index in [0.717, 1.165) is 108 Å². The number of carbonyl (C=O) groups is 10. The molecule has 0 bridgehead atoms. The molecule has 0 unspecified atom stereocenters. The molecule has 1 saturated heterocycles. The largest absolute Gasteiger partial charge is 0.462 e. The van der Waals surface area contributed by atoms with E-state index in [1.54, 1.807) is 0 Å². The summed E-state index contributed by atoms with van der Waals surface area (Å²) >= 11 is 0. The summed E-state index contributed by atoms with van der Waals surface area (Å²) in [6.07, 6.45) is 41.6. The summed E-state index contributed by atoms with van der Waals surface area (Å²) in [7, 11) is 0. The minimum atomic E-state index is -1.45. The molecule has 1 aliphatic rings. The Hall–Kier alpha value is -6.16. The quantitative estimate of drug-likeness (QED) is 0.0333. The van der Waals surface area contributed by atoms with Crippen LogP contribution in [0.25, 0.3) is 0 Å². The molecule has 0 N–H and O–H groups in total. The van der Waals surface area contributed by atoms with Crippen LogP contribution in [0.15, 0.2) is 30.3 Å². The van der Waals surface area contributed by atoms with Crippen LogP contribution >= 0.6 is 0 Å². The fraction of sp³-hybridized carbons (Fsp3) is 0.816. The number of carbonyl (C=O) groups excluding carboxylic acids is 10. The maximum atomic E-state index is 13.3. The van der Waals surface area contributed by atoms with E-state index in [1.165, 1.54) is 154 Å². The van der Waals surface area contributed by atoms with Crippen LogP contribution in [0.3, 0.4) is 0 Å². The molecule has 1 heterocycles. The second kappa shape index (κ2) is 70.9. The first kappa shape index (κ1) is 98.9. The Morgan fingerprint density at radius 2 is 0.468 bits per heavy atom. The molecule has 1 fully saturated rings. The Morgan fingerprint density at radius 3 is 0.706 bits per heavy atom. The smallest absolute Gasteiger partial charge is 0.306 e. The fourth-order valence-corrected chi connectivity index (χ4v) is 12.6. The average molecular weight is 1540 g/mol. The van der Waals surface area contributed by atoms with Crippen LogP contribution in [-0.4, -0.2) is 137 Å². The molecule has 2 rings (SSSR count). The summed E-state index contributed by atoms with van der Waals surface area (Å²) in [6.45, 7) is 6.05. The van der Waals surface area contributed by atoms with Crippen molar-refractivity contribution >= 4 is 59.7 Å². The van der Waals surface area contributed by atoms with Gasteiger partial charge in [-0.2, -0.15) is 0 Å². The molecule has 22 nitrogen and oxygen atoms in total. The normalized spacial score (nSPS) is 13.4. The van der Waals surface area contributed by atoms with Gasteiger partial charge in [-0.25, -0.2) is 0 Å². The van der Waals surface area contributed by atoms with E-state index < -0.39 is 142 Å². The molecular formula is C87H146O22. The Balaban J connectivity index is 2.08. The van der Waals surface area contributed by atoms with Crippen molar-refractivity contribution in [3.8, 4) is 0 Å². The van der Waals surface area contributed by atoms with Crippen molar-refractivity contribution in [2.24, 2.45) is 0 Å². The van der Waals surface area contributed by atoms with Crippen LogP contribution in [0.4, 0.5) is 0 Å². The molecule has 0 spiro atoms. The summed E-state index contributed by atoms with van der Waals surface area (Å²) in [5.41, 5.74) is 0.793. The van der Waals surface area contributed by atoms with Gasteiger partial charge in [0.05, 0.1) is 51.7 Å². The molecule has 1 aromatic rings. The number of rotatable bonds is 74. The van der Waals surface area contributed by atoms with Crippen molar-refractivity contribution in [2.75, 3.05) is 52.9 Å². The lowest BCUT2D eigenvalue weighted by Gasteiger charge is -2.29. The van der Waals surface area contributed by atoms with Crippen molar-refractivity contribution in [3.63, 3.8) is 0 Å². The predicted molar refractivity (Wildman–Crippen MR) is 418 cm³/mol. The summed E-state index contributed by atoms with van der Waals surface area (Å²) in [5, 5.41) is 0. The molecule has 0 atom stereocenters. The van der Waals surface area contributed by atoms with E-state index in [4.69, 9.17) is 56.8 Å². The van der Waals surface area contributed by atoms with Gasteiger partial charge in [0.15, 0.2) is 24.6 Å². The highest BCUT2D eigenvalue weighted by atomic mass is 16.7. The monoisotopic (exact) mass is 1540 g/mol. The molecule has 626 valence electrons. The second-order valence-electron chi connectivity index (χ2n) is 29.6. The van der Waals surface area contributed by atoms with Gasteiger partial charge in [-0.05, 0) is 25.7 Å². The van der Waals surface area contributed by atoms with Gasteiger partial charge in [-0.3, -0.25) is 47.9 Å². The molecule has 109 heavy (non-hydrogen) atoms. The standard InChI is InChI=1S/C87H146O22/c1-5-9-13-17-21-25-29-33-37-41-48-54-77(88)98-64-73(65-99-78(89)55-49-42-38-34-30-26-22-18-14-10-6-2)106-83(94)60-58-81(92)102-68-75(108-85(96)62-63-86(97)109-76-70-104-87(105-71-76)72-52-46-45-47-53-72)69-103-82(93)59-61-84(95)107-74(66-100-79(90)56-50-43-39-35-31-27-23-19-15-11-7-3)67-101-80(91)57-51-44-40-36-32-28-24-20-16-12-8-4/h45-47,52-53,73-76,87H,5-44,48-51,54-71H2,1-4H3. The summed E-state index contributed by atoms with van der Waals surface area (Å²) < 4.78 is 66.7. The Kier molecular flexibility index (Phi) is 64.4. The van der Waals surface area contributed by atoms with Gasteiger partial charge >= 0.3 is 59.7 Å². The van der Waals surface area contributed by atoms with Gasteiger partial charge in [0.2, 0.25) is 0 Å². The molecule has 0 saturated carbocycles. The molecule has 0 aliphatic carbocycles. The second-order valence-corrected chi connectivity index (χ2v) is 29.6. The Morgan fingerprint density at radius 1 is 0.266 bits per heavy atom. The van der Waals surface area contributed by atoms with Crippen LogP contribution < -0.4 is 0 Å². The minimum Gasteiger partial charge on any atom is -0.462 e. The first-order chi connectivity index (χ1) is 53.1. The number of hydrogen-bond donors (Lipinski definition) is 0. The zero-order chi connectivity index (χ0) is 79.1. The van der Waals surface area contributed by atoms with E-state index in [-0.39, 0.29) is 65.3 Å². The highest BCUT2D eigenvalue weighted by Gasteiger charge is 2.29. The molecule has 1 aliphatic heterocycles. The SMILES string of the molecule is CCCCCCCCCCCCCC(=O)OCC(COC(=O)CCCCCCCCCCCCC)OC(=O)CCC(=O)OCC(COC(=O)CCC(=O)OC(COC(=O)CCCCCCCCCCCCC)COC(=O)CCCCCCCCCCCCC)OC(=O)CCC(=O)OC1COC(c2ccccc2)OC1. The van der Waals surface area contributed by atoms with Crippen molar-refractivity contribution in [1.82, 2.24) is 0 Å². The van der Waals surface area contributed by atoms with Crippen molar-refractivity contribution in [1.29, 1.82) is 0 Å². The van der Waals surface area contributed by atoms with E-state index in [0.29, 0.717) is 25.7 Å². The van der Waals surface area contributed by atoms with Gasteiger partial charge in [0.1, 0.15) is 45.7 Å². The fourth-order valence-electron chi connectivity index (χ4n) is 12.6. The lowest BCUT2D eigenvalue weighted by atomic mass is 10.1. The Bertz CT molecular complexity index is 2280. The summed E-state index contributed by atoms with van der Waals surface area (Å²) in [5.74, 6) is -7.28. The molecular weight excluding hydrogens is 1400 g/mol. The number of esters is 10. The lowest BCUT2D eigenvalue weighted by molar-refractivity contribution is -0.229. The van der Waals surface area contributed by atoms with Gasteiger partial charge < -0.3 is 56.8 Å². The zero-order valence-electron chi connectivity index (χ0n) is 68.1. The van der Waals surface area contributed by atoms with Crippen LogP contribution in [-0.2, 0) is 105 Å². The van der Waals surface area contributed by atoms with Gasteiger partial charge in [0, 0.05) is 31.2 Å². The maximum Gasteiger partial charge on any atom is 0.306 e. The molecule has 0 radical (unpaired) electrons. The molecule has 1 aromatic carbocycles. The summed E-state index contributed by atoms with van der Waals surface area (Å²) in [4.78, 5) is 131. The maximum absolute atomic E-state index is 13.3. The van der Waals surface area contributed by atoms with Crippen LogP contribution in [0, 0.1) is 0 Å². The first-order valence-corrected chi connectivity index (χ1v) is 43.1. The van der Waals surface area contributed by atoms with Gasteiger partial charge in [-0.15, -0.1) is 0 Å². The summed E-state index contributed by atoms with van der Waals surface area (Å²) in [6, 6.07) is 9.23. The number of hydrogen-bond acceptors (Lipinski definition) is 22. The number of benzene rings is 1. The van der Waals surface area contributed by atoms with Crippen LogP contribution in [0.5, 0.6) is 0 Å². The third-order valence-corrected chi connectivity index (χ3v) is 19.3. The minimum absolute atomic E-state index is 0.0407.